The molecule has 0 radical (unpaired) electrons. The Balaban J connectivity index is 1.03. The number of benzene rings is 6. The zero-order valence-electron chi connectivity index (χ0n) is 45.7. The van der Waals surface area contributed by atoms with Crippen LogP contribution in [-0.2, 0) is 10.8 Å². The van der Waals surface area contributed by atoms with Gasteiger partial charge in [-0.15, -0.1) is 0 Å². The number of ether oxygens (including phenoxy) is 2. The average molecular weight is 1050 g/mol. The number of allylic oxidation sites excluding steroid dienone is 4. The molecule has 82 heavy (non-hydrogen) atoms. The third-order valence-corrected chi connectivity index (χ3v) is 19.1. The highest BCUT2D eigenvalue weighted by atomic mass is 16.5. The van der Waals surface area contributed by atoms with Crippen LogP contribution in [0.1, 0.15) is 52.2 Å². The predicted molar refractivity (Wildman–Crippen MR) is 336 cm³/mol. The normalized spacial score (nSPS) is 16.2. The maximum atomic E-state index is 7.78. The summed E-state index contributed by atoms with van der Waals surface area (Å²) in [6, 6.07) is 46.7. The van der Waals surface area contributed by atoms with Gasteiger partial charge in [0.05, 0.1) is 33.2 Å². The van der Waals surface area contributed by atoms with E-state index in [0.29, 0.717) is 0 Å². The second kappa shape index (κ2) is 15.1. The Bertz CT molecular complexity index is 5350. The molecular weight excluding hydrogens is 1010 g/mol. The number of hydrogen-bond acceptors (Lipinski definition) is 8. The molecule has 0 N–H and O–H groups in total. The molecule has 0 bridgehead atoms. The minimum atomic E-state index is -0.273. The molecule has 12 heterocycles. The molecule has 0 unspecified atom stereocenters. The van der Waals surface area contributed by atoms with E-state index in [1.54, 1.807) is 0 Å². The lowest BCUT2D eigenvalue weighted by Crippen LogP contribution is -2.64. The van der Waals surface area contributed by atoms with Crippen LogP contribution in [-0.4, -0.2) is 42.2 Å². The van der Waals surface area contributed by atoms with E-state index in [4.69, 9.17) is 29.4 Å². The molecule has 0 fully saturated rings. The molecule has 19 rings (SSSR count). The molecule has 12 heteroatoms. The first-order valence-electron chi connectivity index (χ1n) is 28.5. The van der Waals surface area contributed by atoms with Gasteiger partial charge in [0.15, 0.2) is 0 Å². The maximum absolute atomic E-state index is 7.78. The van der Waals surface area contributed by atoms with Crippen LogP contribution in [0.3, 0.4) is 0 Å². The first-order valence-corrected chi connectivity index (χ1v) is 28.5. The number of hydrogen-bond donors (Lipinski definition) is 0. The van der Waals surface area contributed by atoms with Gasteiger partial charge >= 0.3 is 0 Å². The first kappa shape index (κ1) is 44.9. The zero-order chi connectivity index (χ0) is 54.4. The molecule has 10 nitrogen and oxygen atoms in total. The fraction of sp³-hybridized carbons (Fsp3) is 0.114. The predicted octanol–water partition coefficient (Wildman–Crippen LogP) is 12.7. The molecule has 386 valence electrons. The summed E-state index contributed by atoms with van der Waals surface area (Å²) in [6.45, 7) is 15.6. The average Bonchev–Trinajstić information content (AvgIpc) is 1.43. The molecule has 5 aliphatic rings. The van der Waals surface area contributed by atoms with Crippen molar-refractivity contribution in [3.8, 4) is 23.0 Å². The van der Waals surface area contributed by atoms with Gasteiger partial charge in [-0.1, -0.05) is 95.0 Å². The summed E-state index contributed by atoms with van der Waals surface area (Å²) in [6.07, 6.45) is 17.0. The van der Waals surface area contributed by atoms with Crippen LogP contribution in [0.15, 0.2) is 189 Å². The topological polar surface area (TPSA) is 85.3 Å². The summed E-state index contributed by atoms with van der Waals surface area (Å²) < 4.78 is 19.8. The summed E-state index contributed by atoms with van der Waals surface area (Å²) >= 11 is 0. The minimum absolute atomic E-state index is 0.0671. The van der Waals surface area contributed by atoms with Crippen LogP contribution in [0.5, 0.6) is 23.0 Å². The molecule has 0 atom stereocenters. The third-order valence-electron chi connectivity index (χ3n) is 19.1. The Morgan fingerprint density at radius 1 is 0.537 bits per heavy atom. The largest absolute Gasteiger partial charge is 0.458 e. The van der Waals surface area contributed by atoms with E-state index in [1.165, 1.54) is 27.5 Å². The van der Waals surface area contributed by atoms with E-state index >= 15 is 0 Å². The third kappa shape index (κ3) is 5.22. The van der Waals surface area contributed by atoms with Crippen LogP contribution in [0.4, 0.5) is 28.4 Å². The summed E-state index contributed by atoms with van der Waals surface area (Å²) in [5.41, 5.74) is 21.3. The van der Waals surface area contributed by atoms with E-state index in [-0.39, 0.29) is 24.3 Å². The van der Waals surface area contributed by atoms with Crippen molar-refractivity contribution in [1.82, 2.24) is 28.7 Å². The Morgan fingerprint density at radius 2 is 1.06 bits per heavy atom. The second-order valence-corrected chi connectivity index (χ2v) is 24.3. The number of aromatic nitrogens is 6. The van der Waals surface area contributed by atoms with E-state index in [2.05, 4.69) is 199 Å². The number of fused-ring (bicyclic) bond motifs is 25. The van der Waals surface area contributed by atoms with Gasteiger partial charge < -0.3 is 19.3 Å². The summed E-state index contributed by atoms with van der Waals surface area (Å²) in [7, 11) is 0. The number of para-hydroxylation sites is 2. The molecule has 0 saturated carbocycles. The molecule has 8 aromatic heterocycles. The lowest BCUT2D eigenvalue weighted by molar-refractivity contribution is 0.402. The molecule has 0 spiro atoms. The molecule has 4 aliphatic heterocycles. The summed E-state index contributed by atoms with van der Waals surface area (Å²) in [5, 5.41) is 8.48. The number of nitrogens with zero attached hydrogens (tertiary/aromatic N) is 8. The Kier molecular flexibility index (Phi) is 8.26. The van der Waals surface area contributed by atoms with Gasteiger partial charge in [-0.25, -0.2) is 19.9 Å². The van der Waals surface area contributed by atoms with E-state index in [9.17, 15) is 0 Å². The fourth-order valence-corrected chi connectivity index (χ4v) is 16.4. The first-order chi connectivity index (χ1) is 40.1. The Morgan fingerprint density at radius 3 is 1.67 bits per heavy atom. The van der Waals surface area contributed by atoms with Crippen molar-refractivity contribution in [2.45, 2.75) is 51.9 Å². The molecule has 0 amide bonds. The Hall–Kier alpha value is -9.93. The highest BCUT2D eigenvalue weighted by molar-refractivity contribution is 7.02. The van der Waals surface area contributed by atoms with Gasteiger partial charge in [-0.2, -0.15) is 0 Å². The van der Waals surface area contributed by atoms with Crippen LogP contribution < -0.4 is 52.1 Å². The quantitative estimate of drug-likeness (QED) is 0.127. The van der Waals surface area contributed by atoms with Crippen molar-refractivity contribution >= 4 is 151 Å². The Labute approximate surface area is 471 Å². The summed E-state index contributed by atoms with van der Waals surface area (Å²) in [4.78, 5) is 25.7. The van der Waals surface area contributed by atoms with Crippen LogP contribution in [0.2, 0.25) is 0 Å². The lowest BCUT2D eigenvalue weighted by atomic mass is 9.30. The molecule has 0 saturated heterocycles. The maximum Gasteiger partial charge on any atom is 0.256 e. The highest BCUT2D eigenvalue weighted by Gasteiger charge is 2.52. The van der Waals surface area contributed by atoms with Crippen molar-refractivity contribution in [1.29, 1.82) is 0 Å². The van der Waals surface area contributed by atoms with Gasteiger partial charge in [-0.3, -0.25) is 8.80 Å². The van der Waals surface area contributed by atoms with E-state index in [0.717, 1.165) is 157 Å². The molecular formula is C70H48B2N8O2. The number of anilines is 5. The molecule has 14 aromatic rings. The zero-order valence-corrected chi connectivity index (χ0v) is 45.7. The van der Waals surface area contributed by atoms with Gasteiger partial charge in [-0.05, 0) is 159 Å². The van der Waals surface area contributed by atoms with Gasteiger partial charge in [0, 0.05) is 79.9 Å². The van der Waals surface area contributed by atoms with Crippen LogP contribution in [0.25, 0.3) is 76.7 Å². The standard InChI is InChI=1S/C70H48B2N8O2/c1-7-18-37(19-8-2)77-50-35-49-46(71-45-26-12-13-27-51(45)81-63-55-41-24-16-30-75-67(41)79-59(55)53(39-22-14-28-73-65(39)79)61(57(63)71)78(49)38-20-10-9-11-21-38)34-47(50)72-48-32-43-44(70(5,6)36-69(43,3)4)33-52(48)82-64-56-42-25-17-31-76-68(42)80-60(56)54(62(77)58(64)72)40-23-15-29-74-66(40)80/h7-35H,1,36H2,2-6H3/b19-8-,37-18+. The molecule has 6 aromatic carbocycles. The van der Waals surface area contributed by atoms with E-state index in [1.807, 2.05) is 36.9 Å². The van der Waals surface area contributed by atoms with Crippen molar-refractivity contribution in [2.75, 3.05) is 9.80 Å². The highest BCUT2D eigenvalue weighted by Crippen LogP contribution is 2.57. The molecule has 1 aliphatic carbocycles. The van der Waals surface area contributed by atoms with Crippen molar-refractivity contribution in [2.24, 2.45) is 0 Å². The van der Waals surface area contributed by atoms with Crippen molar-refractivity contribution in [3.05, 3.63) is 200 Å². The SMILES string of the molecule is C=C/C=C(\C=C/C)N1c2cc3c(cc2B2c4cc5c(cc4Oc4c2c1c1c2cccnc2n2c6ncccc6c4c12)C(C)(C)CC5(C)C)B1c2ccccc2Oc2c1c(c1c4cccnc4n4c5ncccc5c2c14)N3c1ccccc1. The smallest absolute Gasteiger partial charge is 0.256 e. The number of pyridine rings is 4. The minimum Gasteiger partial charge on any atom is -0.458 e. The van der Waals surface area contributed by atoms with Gasteiger partial charge in [0.1, 0.15) is 45.6 Å². The lowest BCUT2D eigenvalue weighted by Gasteiger charge is -2.45. The second-order valence-electron chi connectivity index (χ2n) is 24.3. The summed E-state index contributed by atoms with van der Waals surface area (Å²) in [5.74, 6) is 3.45. The van der Waals surface area contributed by atoms with Gasteiger partial charge in [0.2, 0.25) is 0 Å². The number of rotatable bonds is 4. The van der Waals surface area contributed by atoms with Crippen LogP contribution in [0, 0.1) is 0 Å². The van der Waals surface area contributed by atoms with Crippen molar-refractivity contribution in [3.63, 3.8) is 0 Å². The van der Waals surface area contributed by atoms with E-state index < -0.39 is 0 Å². The van der Waals surface area contributed by atoms with Gasteiger partial charge in [0.25, 0.3) is 13.4 Å². The van der Waals surface area contributed by atoms with Crippen molar-refractivity contribution < 1.29 is 9.47 Å². The monoisotopic (exact) mass is 1050 g/mol. The fourth-order valence-electron chi connectivity index (χ4n) is 16.4. The van der Waals surface area contributed by atoms with Crippen LogP contribution >= 0.6 is 0 Å².